The van der Waals surface area contributed by atoms with Gasteiger partial charge in [0.25, 0.3) is 11.8 Å². The van der Waals surface area contributed by atoms with E-state index < -0.39 is 5.91 Å². The van der Waals surface area contributed by atoms with Crippen LogP contribution in [0, 0.1) is 0 Å². The molecule has 1 aliphatic rings. The summed E-state index contributed by atoms with van der Waals surface area (Å²) in [7, 11) is 1.56. The Kier molecular flexibility index (Phi) is 5.91. The van der Waals surface area contributed by atoms with Crippen LogP contribution in [0.2, 0.25) is 5.02 Å². The molecule has 0 fully saturated rings. The van der Waals surface area contributed by atoms with E-state index in [1.165, 1.54) is 0 Å². The van der Waals surface area contributed by atoms with Crippen LogP contribution in [0.4, 0.5) is 5.69 Å². The molecule has 0 atom stereocenters. The average molecular weight is 435 g/mol. The number of anilines is 1. The first-order chi connectivity index (χ1) is 15.0. The highest BCUT2D eigenvalue weighted by atomic mass is 35.5. The molecule has 0 saturated heterocycles. The van der Waals surface area contributed by atoms with Crippen molar-refractivity contribution in [2.45, 2.75) is 6.54 Å². The third kappa shape index (κ3) is 4.70. The molecule has 31 heavy (non-hydrogen) atoms. The fraction of sp³-hybridized carbons (Fsp3) is 0.0833. The maximum absolute atomic E-state index is 12.5. The smallest absolute Gasteiger partial charge is 0.291 e. The van der Waals surface area contributed by atoms with E-state index in [0.29, 0.717) is 34.3 Å². The van der Waals surface area contributed by atoms with E-state index in [2.05, 4.69) is 10.6 Å². The van der Waals surface area contributed by atoms with Crippen molar-refractivity contribution < 1.29 is 19.1 Å². The van der Waals surface area contributed by atoms with Crippen molar-refractivity contribution in [1.29, 1.82) is 0 Å². The third-order valence-corrected chi connectivity index (χ3v) is 4.98. The predicted molar refractivity (Wildman–Crippen MR) is 119 cm³/mol. The highest BCUT2D eigenvalue weighted by Crippen LogP contribution is 2.33. The van der Waals surface area contributed by atoms with Crippen LogP contribution in [-0.4, -0.2) is 18.9 Å². The topological polar surface area (TPSA) is 76.7 Å². The number of methoxy groups -OCH3 is 1. The first kappa shape index (κ1) is 20.5. The van der Waals surface area contributed by atoms with Crippen molar-refractivity contribution in [3.63, 3.8) is 0 Å². The molecule has 4 rings (SSSR count). The van der Waals surface area contributed by atoms with Gasteiger partial charge in [0.1, 0.15) is 5.75 Å². The van der Waals surface area contributed by atoms with Gasteiger partial charge in [-0.15, -0.1) is 0 Å². The van der Waals surface area contributed by atoms with Gasteiger partial charge in [0, 0.05) is 22.7 Å². The van der Waals surface area contributed by atoms with E-state index >= 15 is 0 Å². The van der Waals surface area contributed by atoms with E-state index in [4.69, 9.17) is 21.1 Å². The number of hydrogen-bond donors (Lipinski definition) is 2. The van der Waals surface area contributed by atoms with Crippen LogP contribution in [0.25, 0.3) is 6.08 Å². The minimum Gasteiger partial charge on any atom is -0.496 e. The van der Waals surface area contributed by atoms with E-state index in [0.717, 1.165) is 11.1 Å². The summed E-state index contributed by atoms with van der Waals surface area (Å²) >= 11 is 5.88. The lowest BCUT2D eigenvalue weighted by Crippen LogP contribution is -2.25. The van der Waals surface area contributed by atoms with Crippen molar-refractivity contribution in [2.75, 3.05) is 12.4 Å². The van der Waals surface area contributed by atoms with Crippen molar-refractivity contribution in [3.8, 4) is 11.5 Å². The van der Waals surface area contributed by atoms with Crippen LogP contribution in [0.1, 0.15) is 21.5 Å². The zero-order chi connectivity index (χ0) is 21.8. The summed E-state index contributed by atoms with van der Waals surface area (Å²) in [6, 6.07) is 19.4. The molecule has 0 aliphatic carbocycles. The van der Waals surface area contributed by atoms with Gasteiger partial charge in [-0.2, -0.15) is 0 Å². The van der Waals surface area contributed by atoms with Gasteiger partial charge in [-0.25, -0.2) is 0 Å². The number of halogens is 1. The van der Waals surface area contributed by atoms with Gasteiger partial charge in [0.05, 0.1) is 12.8 Å². The molecule has 0 spiro atoms. The Labute approximate surface area is 184 Å². The van der Waals surface area contributed by atoms with E-state index in [-0.39, 0.29) is 11.7 Å². The zero-order valence-corrected chi connectivity index (χ0v) is 17.4. The Bertz CT molecular complexity index is 1170. The molecule has 2 amide bonds. The standard InChI is InChI=1S/C24H19ClN2O4/c1-30-20-5-3-2-4-16(20)13-22-24(29)27-19-12-17(8-11-21(19)31-22)23(28)26-14-15-6-9-18(25)10-7-15/h2-13H,14H2,1H3,(H,26,28)(H,27,29). The number of rotatable bonds is 5. The van der Waals surface area contributed by atoms with Crippen LogP contribution in [0.15, 0.2) is 72.5 Å². The van der Waals surface area contributed by atoms with Gasteiger partial charge in [0.2, 0.25) is 0 Å². The molecule has 1 aliphatic heterocycles. The number of benzene rings is 3. The number of fused-ring (bicyclic) bond motifs is 1. The third-order valence-electron chi connectivity index (χ3n) is 4.73. The van der Waals surface area contributed by atoms with Gasteiger partial charge < -0.3 is 20.1 Å². The van der Waals surface area contributed by atoms with Crippen molar-refractivity contribution in [1.82, 2.24) is 5.32 Å². The molecule has 3 aromatic rings. The average Bonchev–Trinajstić information content (AvgIpc) is 2.79. The highest BCUT2D eigenvalue weighted by Gasteiger charge is 2.23. The van der Waals surface area contributed by atoms with E-state index in [1.54, 1.807) is 49.6 Å². The fourth-order valence-electron chi connectivity index (χ4n) is 3.12. The Morgan fingerprint density at radius 2 is 1.90 bits per heavy atom. The highest BCUT2D eigenvalue weighted by molar-refractivity contribution is 6.30. The molecule has 0 saturated carbocycles. The molecule has 7 heteroatoms. The lowest BCUT2D eigenvalue weighted by atomic mass is 10.1. The van der Waals surface area contributed by atoms with E-state index in [9.17, 15) is 9.59 Å². The molecule has 0 radical (unpaired) electrons. The summed E-state index contributed by atoms with van der Waals surface area (Å²) in [5.74, 6) is 0.552. The largest absolute Gasteiger partial charge is 0.496 e. The molecule has 2 N–H and O–H groups in total. The molecule has 6 nitrogen and oxygen atoms in total. The second-order valence-corrected chi connectivity index (χ2v) is 7.26. The normalized spacial score (nSPS) is 13.7. The maximum Gasteiger partial charge on any atom is 0.291 e. The van der Waals surface area contributed by atoms with Crippen LogP contribution >= 0.6 is 11.6 Å². The number of nitrogens with one attached hydrogen (secondary N) is 2. The first-order valence-corrected chi connectivity index (χ1v) is 9.92. The summed E-state index contributed by atoms with van der Waals surface area (Å²) in [6.07, 6.45) is 1.61. The van der Waals surface area contributed by atoms with Crippen molar-refractivity contribution >= 4 is 35.2 Å². The number of para-hydroxylation sites is 1. The fourth-order valence-corrected chi connectivity index (χ4v) is 3.24. The summed E-state index contributed by atoms with van der Waals surface area (Å²) in [4.78, 5) is 25.0. The van der Waals surface area contributed by atoms with Gasteiger partial charge in [-0.1, -0.05) is 41.9 Å². The second-order valence-electron chi connectivity index (χ2n) is 6.83. The predicted octanol–water partition coefficient (Wildman–Crippen LogP) is 4.65. The number of ether oxygens (including phenoxy) is 2. The maximum atomic E-state index is 12.5. The van der Waals surface area contributed by atoms with Crippen LogP contribution in [-0.2, 0) is 11.3 Å². The van der Waals surface area contributed by atoms with E-state index in [1.807, 2.05) is 30.3 Å². The zero-order valence-electron chi connectivity index (χ0n) is 16.6. The molecular formula is C24H19ClN2O4. The van der Waals surface area contributed by atoms with Gasteiger partial charge in [-0.05, 0) is 48.0 Å². The summed E-state index contributed by atoms with van der Waals surface area (Å²) < 4.78 is 11.1. The first-order valence-electron chi connectivity index (χ1n) is 9.54. The number of carbonyl (C=O) groups excluding carboxylic acids is 2. The minimum absolute atomic E-state index is 0.136. The Morgan fingerprint density at radius 3 is 2.68 bits per heavy atom. The lowest BCUT2D eigenvalue weighted by Gasteiger charge is -2.20. The second kappa shape index (κ2) is 8.93. The molecular weight excluding hydrogens is 416 g/mol. The molecule has 0 unspecified atom stereocenters. The SMILES string of the molecule is COc1ccccc1C=C1Oc2ccc(C(=O)NCc3ccc(Cl)cc3)cc2NC1=O. The van der Waals surface area contributed by atoms with Crippen molar-refractivity contribution in [3.05, 3.63) is 94.2 Å². The molecule has 1 heterocycles. The van der Waals surface area contributed by atoms with Gasteiger partial charge in [-0.3, -0.25) is 9.59 Å². The molecule has 3 aromatic carbocycles. The monoisotopic (exact) mass is 434 g/mol. The summed E-state index contributed by atoms with van der Waals surface area (Å²) in [5.41, 5.74) is 2.49. The summed E-state index contributed by atoms with van der Waals surface area (Å²) in [6.45, 7) is 0.363. The lowest BCUT2D eigenvalue weighted by molar-refractivity contribution is -0.115. The van der Waals surface area contributed by atoms with Crippen LogP contribution < -0.4 is 20.1 Å². The Morgan fingerprint density at radius 1 is 1.13 bits per heavy atom. The van der Waals surface area contributed by atoms with Crippen molar-refractivity contribution in [2.24, 2.45) is 0 Å². The number of amides is 2. The van der Waals surface area contributed by atoms with Gasteiger partial charge >= 0.3 is 0 Å². The number of carbonyl (C=O) groups is 2. The Hall–Kier alpha value is -3.77. The van der Waals surface area contributed by atoms with Gasteiger partial charge in [0.15, 0.2) is 11.5 Å². The minimum atomic E-state index is -0.405. The molecule has 0 aromatic heterocycles. The molecule has 0 bridgehead atoms. The van der Waals surface area contributed by atoms with Crippen LogP contribution in [0.5, 0.6) is 11.5 Å². The van der Waals surface area contributed by atoms with Crippen LogP contribution in [0.3, 0.4) is 0 Å². The Balaban J connectivity index is 1.49. The number of hydrogen-bond acceptors (Lipinski definition) is 4. The summed E-state index contributed by atoms with van der Waals surface area (Å²) in [5, 5.41) is 6.26. The quantitative estimate of drug-likeness (QED) is 0.573. The molecule has 156 valence electrons.